The molecule has 29 heavy (non-hydrogen) atoms. The van der Waals surface area contributed by atoms with Crippen molar-refractivity contribution in [2.24, 2.45) is 0 Å². The number of rotatable bonds is 6. The summed E-state index contributed by atoms with van der Waals surface area (Å²) in [4.78, 5) is 12.5. The maximum atomic E-state index is 13.7. The molecule has 1 aliphatic heterocycles. The smallest absolute Gasteiger partial charge is 0.251 e. The summed E-state index contributed by atoms with van der Waals surface area (Å²) in [5.74, 6) is -0.699. The van der Waals surface area contributed by atoms with Crippen LogP contribution in [0.2, 0.25) is 0 Å². The Balaban J connectivity index is 1.84. The molecule has 1 fully saturated rings. The highest BCUT2D eigenvalue weighted by molar-refractivity contribution is 7.89. The molecule has 8 heteroatoms. The van der Waals surface area contributed by atoms with Gasteiger partial charge in [0, 0.05) is 30.8 Å². The monoisotopic (exact) mass is 420 g/mol. The highest BCUT2D eigenvalue weighted by Gasteiger charge is 2.29. The molecule has 0 saturated carbocycles. The average Bonchev–Trinajstić information content (AvgIpc) is 3.02. The van der Waals surface area contributed by atoms with Crippen LogP contribution in [0.25, 0.3) is 0 Å². The van der Waals surface area contributed by atoms with Crippen molar-refractivity contribution in [1.29, 1.82) is 0 Å². The summed E-state index contributed by atoms with van der Waals surface area (Å²) in [5, 5.41) is 2.63. The van der Waals surface area contributed by atoms with Gasteiger partial charge in [-0.15, -0.1) is 0 Å². The minimum Gasteiger partial charge on any atom is -0.495 e. The summed E-state index contributed by atoms with van der Waals surface area (Å²) >= 11 is 0. The van der Waals surface area contributed by atoms with Crippen LogP contribution < -0.4 is 10.1 Å². The Morgan fingerprint density at radius 2 is 1.79 bits per heavy atom. The van der Waals surface area contributed by atoms with E-state index in [0.717, 1.165) is 25.7 Å². The Kier molecular flexibility index (Phi) is 6.87. The molecule has 0 atom stereocenters. The van der Waals surface area contributed by atoms with Crippen LogP contribution in [0.4, 0.5) is 4.39 Å². The molecule has 1 heterocycles. The first-order valence-corrected chi connectivity index (χ1v) is 11.1. The van der Waals surface area contributed by atoms with Gasteiger partial charge < -0.3 is 10.1 Å². The Bertz CT molecular complexity index is 970. The first kappa shape index (κ1) is 21.3. The zero-order chi connectivity index (χ0) is 20.9. The van der Waals surface area contributed by atoms with E-state index in [1.807, 2.05) is 0 Å². The van der Waals surface area contributed by atoms with Crippen LogP contribution in [-0.4, -0.2) is 38.8 Å². The van der Waals surface area contributed by atoms with Crippen molar-refractivity contribution in [1.82, 2.24) is 9.62 Å². The van der Waals surface area contributed by atoms with Crippen LogP contribution in [0.5, 0.6) is 5.75 Å². The van der Waals surface area contributed by atoms with Crippen LogP contribution >= 0.6 is 0 Å². The number of amides is 1. The summed E-state index contributed by atoms with van der Waals surface area (Å²) in [6.07, 6.45) is 3.62. The van der Waals surface area contributed by atoms with Crippen LogP contribution in [0, 0.1) is 5.82 Å². The van der Waals surface area contributed by atoms with Crippen molar-refractivity contribution < 1.29 is 22.3 Å². The molecule has 0 unspecified atom stereocenters. The quantitative estimate of drug-likeness (QED) is 0.778. The Morgan fingerprint density at radius 1 is 1.10 bits per heavy atom. The van der Waals surface area contributed by atoms with Crippen LogP contribution in [0.15, 0.2) is 47.4 Å². The molecule has 0 spiro atoms. The lowest BCUT2D eigenvalue weighted by atomic mass is 10.2. The second-order valence-electron chi connectivity index (χ2n) is 6.96. The number of methoxy groups -OCH3 is 1. The van der Waals surface area contributed by atoms with Crippen molar-refractivity contribution in [3.05, 3.63) is 59.4 Å². The molecule has 2 aromatic carbocycles. The number of hydrogen-bond donors (Lipinski definition) is 1. The normalized spacial score (nSPS) is 15.5. The molecule has 0 aromatic heterocycles. The Hall–Kier alpha value is -2.45. The van der Waals surface area contributed by atoms with E-state index in [1.54, 1.807) is 18.2 Å². The molecule has 2 aromatic rings. The highest BCUT2D eigenvalue weighted by atomic mass is 32.2. The van der Waals surface area contributed by atoms with Crippen molar-refractivity contribution in [2.75, 3.05) is 20.2 Å². The van der Waals surface area contributed by atoms with Crippen LogP contribution in [0.1, 0.15) is 41.6 Å². The summed E-state index contributed by atoms with van der Waals surface area (Å²) in [6.45, 7) is 0.913. The van der Waals surface area contributed by atoms with E-state index in [-0.39, 0.29) is 22.8 Å². The van der Waals surface area contributed by atoms with E-state index < -0.39 is 21.7 Å². The van der Waals surface area contributed by atoms with Gasteiger partial charge in [-0.2, -0.15) is 4.31 Å². The first-order valence-electron chi connectivity index (χ1n) is 9.63. The van der Waals surface area contributed by atoms with Crippen molar-refractivity contribution in [3.63, 3.8) is 0 Å². The molecular formula is C21H25FN2O4S. The molecule has 1 aliphatic rings. The fourth-order valence-corrected chi connectivity index (χ4v) is 5.06. The van der Waals surface area contributed by atoms with E-state index in [0.29, 0.717) is 18.7 Å². The molecule has 6 nitrogen and oxygen atoms in total. The Labute approximate surface area is 170 Å². The standard InChI is InChI=1S/C21H25FN2O4S/c1-28-19-11-10-16(21(25)23-15-17-8-4-5-9-18(17)22)14-20(19)29(26,27)24-12-6-2-3-7-13-24/h4-5,8-11,14H,2-3,6-7,12-13,15H2,1H3,(H,23,25). The average molecular weight is 421 g/mol. The molecule has 1 amide bonds. The van der Waals surface area contributed by atoms with Gasteiger partial charge in [-0.1, -0.05) is 31.0 Å². The lowest BCUT2D eigenvalue weighted by Gasteiger charge is -2.21. The van der Waals surface area contributed by atoms with E-state index in [9.17, 15) is 17.6 Å². The number of halogens is 1. The van der Waals surface area contributed by atoms with E-state index >= 15 is 0 Å². The zero-order valence-corrected chi connectivity index (χ0v) is 17.2. The van der Waals surface area contributed by atoms with Gasteiger partial charge in [-0.05, 0) is 37.1 Å². The molecular weight excluding hydrogens is 395 g/mol. The number of carbonyl (C=O) groups excluding carboxylic acids is 1. The van der Waals surface area contributed by atoms with Gasteiger partial charge in [0.15, 0.2) is 0 Å². The number of nitrogens with one attached hydrogen (secondary N) is 1. The molecule has 1 saturated heterocycles. The van der Waals surface area contributed by atoms with Gasteiger partial charge in [0.05, 0.1) is 7.11 Å². The lowest BCUT2D eigenvalue weighted by Crippen LogP contribution is -2.32. The summed E-state index contributed by atoms with van der Waals surface area (Å²) < 4.78 is 46.8. The van der Waals surface area contributed by atoms with Gasteiger partial charge >= 0.3 is 0 Å². The lowest BCUT2D eigenvalue weighted by molar-refractivity contribution is 0.0950. The third kappa shape index (κ3) is 4.94. The van der Waals surface area contributed by atoms with Crippen LogP contribution in [0.3, 0.4) is 0 Å². The number of ether oxygens (including phenoxy) is 1. The van der Waals surface area contributed by atoms with Gasteiger partial charge in [0.2, 0.25) is 10.0 Å². The van der Waals surface area contributed by atoms with Gasteiger partial charge in [0.1, 0.15) is 16.5 Å². The number of nitrogens with zero attached hydrogens (tertiary/aromatic N) is 1. The third-order valence-corrected chi connectivity index (χ3v) is 6.93. The van der Waals surface area contributed by atoms with Crippen LogP contribution in [-0.2, 0) is 16.6 Å². The molecule has 1 N–H and O–H groups in total. The molecule has 0 bridgehead atoms. The Morgan fingerprint density at radius 3 is 2.45 bits per heavy atom. The van der Waals surface area contributed by atoms with Gasteiger partial charge in [-0.3, -0.25) is 4.79 Å². The van der Waals surface area contributed by atoms with Gasteiger partial charge in [0.25, 0.3) is 5.91 Å². The maximum absolute atomic E-state index is 13.7. The predicted molar refractivity (Wildman–Crippen MR) is 108 cm³/mol. The largest absolute Gasteiger partial charge is 0.495 e. The minimum atomic E-state index is -3.79. The number of benzene rings is 2. The second kappa shape index (κ2) is 9.37. The van der Waals surface area contributed by atoms with Gasteiger partial charge in [-0.25, -0.2) is 12.8 Å². The maximum Gasteiger partial charge on any atom is 0.251 e. The third-order valence-electron chi connectivity index (χ3n) is 5.01. The molecule has 3 rings (SSSR count). The number of carbonyl (C=O) groups is 1. The first-order chi connectivity index (χ1) is 13.9. The molecule has 0 aliphatic carbocycles. The molecule has 0 radical (unpaired) electrons. The van der Waals surface area contributed by atoms with Crippen molar-refractivity contribution in [2.45, 2.75) is 37.1 Å². The number of sulfonamides is 1. The minimum absolute atomic E-state index is 0.00570. The predicted octanol–water partition coefficient (Wildman–Crippen LogP) is 3.33. The summed E-state index contributed by atoms with van der Waals surface area (Å²) in [7, 11) is -2.39. The highest BCUT2D eigenvalue weighted by Crippen LogP contribution is 2.29. The zero-order valence-electron chi connectivity index (χ0n) is 16.4. The van der Waals surface area contributed by atoms with Crippen molar-refractivity contribution in [3.8, 4) is 5.75 Å². The fraction of sp³-hybridized carbons (Fsp3) is 0.381. The summed E-state index contributed by atoms with van der Waals surface area (Å²) in [6, 6.07) is 10.5. The van der Waals surface area contributed by atoms with E-state index in [1.165, 1.54) is 35.7 Å². The number of hydrogen-bond acceptors (Lipinski definition) is 4. The fourth-order valence-electron chi connectivity index (χ4n) is 3.36. The topological polar surface area (TPSA) is 75.7 Å². The van der Waals surface area contributed by atoms with Crippen molar-refractivity contribution >= 4 is 15.9 Å². The summed E-state index contributed by atoms with van der Waals surface area (Å²) in [5.41, 5.74) is 0.530. The SMILES string of the molecule is COc1ccc(C(=O)NCc2ccccc2F)cc1S(=O)(=O)N1CCCCCC1. The molecule has 156 valence electrons. The van der Waals surface area contributed by atoms with E-state index in [4.69, 9.17) is 4.74 Å². The second-order valence-corrected chi connectivity index (χ2v) is 8.86. The van der Waals surface area contributed by atoms with E-state index in [2.05, 4.69) is 5.32 Å².